The molecule has 6 aromatic carbocycles. The Labute approximate surface area is 226 Å². The summed E-state index contributed by atoms with van der Waals surface area (Å²) >= 11 is 0. The molecule has 0 aliphatic carbocycles. The fourth-order valence-corrected chi connectivity index (χ4v) is 6.27. The first-order valence-corrected chi connectivity index (χ1v) is 13.5. The molecule has 0 bridgehead atoms. The Hall–Kier alpha value is -5.08. The number of benzene rings is 6. The van der Waals surface area contributed by atoms with E-state index in [1.54, 1.807) is 0 Å². The molecule has 0 spiro atoms. The van der Waals surface area contributed by atoms with Crippen LogP contribution in [0.25, 0.3) is 71.6 Å². The summed E-state index contributed by atoms with van der Waals surface area (Å²) in [6, 6.07) is 48.3. The van der Waals surface area contributed by atoms with Crippen molar-refractivity contribution >= 4 is 43.6 Å². The lowest BCUT2D eigenvalue weighted by molar-refractivity contribution is 1.18. The van der Waals surface area contributed by atoms with Gasteiger partial charge in [0.15, 0.2) is 0 Å². The van der Waals surface area contributed by atoms with Crippen LogP contribution < -0.4 is 0 Å². The summed E-state index contributed by atoms with van der Waals surface area (Å²) in [5.74, 6) is 0. The highest BCUT2D eigenvalue weighted by atomic mass is 15.0. The Bertz CT molecular complexity index is 2160. The lowest BCUT2D eigenvalue weighted by atomic mass is 9.96. The zero-order valence-corrected chi connectivity index (χ0v) is 21.6. The number of aromatic amines is 1. The first kappa shape index (κ1) is 22.0. The van der Waals surface area contributed by atoms with Crippen molar-refractivity contribution in [3.63, 3.8) is 0 Å². The monoisotopic (exact) mass is 498 g/mol. The van der Waals surface area contributed by atoms with E-state index in [0.29, 0.717) is 0 Å². The van der Waals surface area contributed by atoms with Crippen molar-refractivity contribution in [1.82, 2.24) is 9.55 Å². The van der Waals surface area contributed by atoms with Crippen LogP contribution >= 0.6 is 0 Å². The fraction of sp³-hybridized carbons (Fsp3) is 0.0270. The molecular formula is C37H26N2. The molecule has 0 aliphatic rings. The normalized spacial score (nSPS) is 11.7. The molecule has 0 aliphatic heterocycles. The molecule has 1 N–H and O–H groups in total. The third-order valence-corrected chi connectivity index (χ3v) is 8.05. The molecule has 0 fully saturated rings. The number of para-hydroxylation sites is 1. The number of H-pyrrole nitrogens is 1. The highest BCUT2D eigenvalue weighted by Gasteiger charge is 2.17. The Morgan fingerprint density at radius 3 is 1.85 bits per heavy atom. The van der Waals surface area contributed by atoms with Gasteiger partial charge in [0.25, 0.3) is 0 Å². The minimum Gasteiger partial charge on any atom is -0.354 e. The summed E-state index contributed by atoms with van der Waals surface area (Å²) in [6.45, 7) is 2.20. The van der Waals surface area contributed by atoms with Gasteiger partial charge in [0.05, 0.1) is 11.0 Å². The first-order chi connectivity index (χ1) is 19.3. The second kappa shape index (κ2) is 8.47. The topological polar surface area (TPSA) is 20.7 Å². The van der Waals surface area contributed by atoms with E-state index in [9.17, 15) is 0 Å². The average Bonchev–Trinajstić information content (AvgIpc) is 3.54. The van der Waals surface area contributed by atoms with Gasteiger partial charge in [-0.1, -0.05) is 84.9 Å². The molecular weight excluding hydrogens is 472 g/mol. The minimum atomic E-state index is 1.17. The van der Waals surface area contributed by atoms with Gasteiger partial charge in [0.2, 0.25) is 0 Å². The lowest BCUT2D eigenvalue weighted by Gasteiger charge is -2.09. The number of aromatic nitrogens is 2. The molecule has 0 saturated carbocycles. The van der Waals surface area contributed by atoms with Crippen LogP contribution in [0.15, 0.2) is 133 Å². The second-order valence-corrected chi connectivity index (χ2v) is 10.4. The minimum absolute atomic E-state index is 1.17. The zero-order chi connectivity index (χ0) is 25.9. The van der Waals surface area contributed by atoms with Gasteiger partial charge in [0, 0.05) is 38.3 Å². The summed E-state index contributed by atoms with van der Waals surface area (Å²) < 4.78 is 2.39. The molecule has 184 valence electrons. The number of nitrogens with zero attached hydrogens (tertiary/aromatic N) is 1. The predicted molar refractivity (Wildman–Crippen MR) is 166 cm³/mol. The summed E-state index contributed by atoms with van der Waals surface area (Å²) in [7, 11) is 0. The number of hydrogen-bond donors (Lipinski definition) is 1. The van der Waals surface area contributed by atoms with Gasteiger partial charge in [-0.2, -0.15) is 0 Å². The number of aryl methyl sites for hydroxylation is 1. The van der Waals surface area contributed by atoms with Crippen molar-refractivity contribution in [2.75, 3.05) is 0 Å². The standard InChI is InChI=1S/C37H26N2/c1-24-10-8-16-32-36(24)37-29(15-9-17-33(37)38-32)27-19-21-35-31(23-27)30-22-26(25-11-4-2-5-12-25)18-20-34(30)39(35)28-13-6-3-7-14-28/h2-23,38H,1H3. The van der Waals surface area contributed by atoms with E-state index in [-0.39, 0.29) is 0 Å². The van der Waals surface area contributed by atoms with E-state index in [2.05, 4.69) is 150 Å². The lowest BCUT2D eigenvalue weighted by Crippen LogP contribution is -1.93. The van der Waals surface area contributed by atoms with E-state index in [4.69, 9.17) is 0 Å². The molecule has 8 rings (SSSR count). The van der Waals surface area contributed by atoms with Gasteiger partial charge in [-0.3, -0.25) is 0 Å². The molecule has 0 amide bonds. The quantitative estimate of drug-likeness (QED) is 0.250. The van der Waals surface area contributed by atoms with E-state index < -0.39 is 0 Å². The summed E-state index contributed by atoms with van der Waals surface area (Å²) in [6.07, 6.45) is 0. The maximum atomic E-state index is 3.64. The number of nitrogens with one attached hydrogen (secondary N) is 1. The smallest absolute Gasteiger partial charge is 0.0541 e. The number of fused-ring (bicyclic) bond motifs is 6. The van der Waals surface area contributed by atoms with Gasteiger partial charge in [-0.15, -0.1) is 0 Å². The van der Waals surface area contributed by atoms with Crippen LogP contribution in [0, 0.1) is 6.92 Å². The van der Waals surface area contributed by atoms with Crippen LogP contribution in [0.4, 0.5) is 0 Å². The van der Waals surface area contributed by atoms with Crippen LogP contribution in [0.3, 0.4) is 0 Å². The largest absolute Gasteiger partial charge is 0.354 e. The second-order valence-electron chi connectivity index (χ2n) is 10.4. The molecule has 0 radical (unpaired) electrons. The Morgan fingerprint density at radius 1 is 0.487 bits per heavy atom. The van der Waals surface area contributed by atoms with Gasteiger partial charge in [0.1, 0.15) is 0 Å². The summed E-state index contributed by atoms with van der Waals surface area (Å²) in [5.41, 5.74) is 12.2. The predicted octanol–water partition coefficient (Wildman–Crippen LogP) is 10.1. The Kier molecular flexibility index (Phi) is 4.77. The van der Waals surface area contributed by atoms with E-state index in [0.717, 1.165) is 0 Å². The first-order valence-electron chi connectivity index (χ1n) is 13.5. The Morgan fingerprint density at radius 2 is 1.10 bits per heavy atom. The van der Waals surface area contributed by atoms with Crippen molar-refractivity contribution < 1.29 is 0 Å². The van der Waals surface area contributed by atoms with Gasteiger partial charge >= 0.3 is 0 Å². The average molecular weight is 499 g/mol. The van der Waals surface area contributed by atoms with Crippen LogP contribution in [0.1, 0.15) is 5.56 Å². The molecule has 2 heteroatoms. The molecule has 0 atom stereocenters. The molecule has 0 unspecified atom stereocenters. The molecule has 2 aromatic heterocycles. The van der Waals surface area contributed by atoms with E-state index >= 15 is 0 Å². The zero-order valence-electron chi connectivity index (χ0n) is 21.6. The number of hydrogen-bond acceptors (Lipinski definition) is 0. The molecule has 8 aromatic rings. The third-order valence-electron chi connectivity index (χ3n) is 8.05. The van der Waals surface area contributed by atoms with Crippen molar-refractivity contribution in [2.24, 2.45) is 0 Å². The van der Waals surface area contributed by atoms with Crippen LogP contribution in [-0.4, -0.2) is 9.55 Å². The van der Waals surface area contributed by atoms with E-state index in [1.807, 2.05) is 0 Å². The van der Waals surface area contributed by atoms with Crippen molar-refractivity contribution in [3.05, 3.63) is 139 Å². The SMILES string of the molecule is Cc1cccc2[nH]c3cccc(-c4ccc5c(c4)c4cc(-c6ccccc6)ccc4n5-c4ccccc4)c3c12. The van der Waals surface area contributed by atoms with Crippen molar-refractivity contribution in [3.8, 4) is 27.9 Å². The van der Waals surface area contributed by atoms with Gasteiger partial charge in [-0.05, 0) is 83.3 Å². The van der Waals surface area contributed by atoms with Crippen LogP contribution in [-0.2, 0) is 0 Å². The maximum Gasteiger partial charge on any atom is 0.0541 e. The Balaban J connectivity index is 1.45. The van der Waals surface area contributed by atoms with Crippen LogP contribution in [0.2, 0.25) is 0 Å². The molecule has 2 heterocycles. The maximum absolute atomic E-state index is 3.64. The number of rotatable bonds is 3. The van der Waals surface area contributed by atoms with Crippen molar-refractivity contribution in [2.45, 2.75) is 6.92 Å². The van der Waals surface area contributed by atoms with E-state index in [1.165, 1.54) is 77.1 Å². The summed E-state index contributed by atoms with van der Waals surface area (Å²) in [4.78, 5) is 3.64. The highest BCUT2D eigenvalue weighted by Crippen LogP contribution is 2.40. The molecule has 0 saturated heterocycles. The molecule has 2 nitrogen and oxygen atoms in total. The molecule has 39 heavy (non-hydrogen) atoms. The van der Waals surface area contributed by atoms with Crippen molar-refractivity contribution in [1.29, 1.82) is 0 Å². The highest BCUT2D eigenvalue weighted by molar-refractivity contribution is 6.17. The van der Waals surface area contributed by atoms with Gasteiger partial charge in [-0.25, -0.2) is 0 Å². The summed E-state index contributed by atoms with van der Waals surface area (Å²) in [5, 5.41) is 5.13. The fourth-order valence-electron chi connectivity index (χ4n) is 6.27. The third kappa shape index (κ3) is 3.35. The van der Waals surface area contributed by atoms with Gasteiger partial charge < -0.3 is 9.55 Å². The van der Waals surface area contributed by atoms with Crippen LogP contribution in [0.5, 0.6) is 0 Å².